The number of halogens is 2. The molecule has 0 saturated carbocycles. The van der Waals surface area contributed by atoms with E-state index < -0.39 is 0 Å². The zero-order chi connectivity index (χ0) is 12.4. The lowest BCUT2D eigenvalue weighted by Gasteiger charge is -2.39. The van der Waals surface area contributed by atoms with Crippen LogP contribution in [0, 0.1) is 0 Å². The van der Waals surface area contributed by atoms with Crippen molar-refractivity contribution in [2.24, 2.45) is 5.73 Å². The van der Waals surface area contributed by atoms with Gasteiger partial charge in [-0.15, -0.1) is 11.3 Å². The highest BCUT2D eigenvalue weighted by Gasteiger charge is 2.31. The van der Waals surface area contributed by atoms with Crippen LogP contribution in [0.5, 0.6) is 0 Å². The van der Waals surface area contributed by atoms with Crippen LogP contribution in [-0.4, -0.2) is 24.0 Å². The van der Waals surface area contributed by atoms with Gasteiger partial charge < -0.3 is 5.73 Å². The topological polar surface area (TPSA) is 29.3 Å². The van der Waals surface area contributed by atoms with Gasteiger partial charge in [0, 0.05) is 15.4 Å². The molecule has 0 spiro atoms. The van der Waals surface area contributed by atoms with Crippen LogP contribution in [0.25, 0.3) is 0 Å². The second-order valence-electron chi connectivity index (χ2n) is 4.56. The molecule has 0 bridgehead atoms. The maximum atomic E-state index is 6.30. The second-order valence-corrected chi connectivity index (χ2v) is 7.10. The normalized spacial score (nSPS) is 26.4. The number of rotatable bonds is 3. The Hall–Kier alpha value is 0.390. The number of hydrogen-bond donors (Lipinski definition) is 1. The zero-order valence-corrected chi connectivity index (χ0v) is 13.1. The first-order valence-corrected chi connectivity index (χ1v) is 8.06. The Morgan fingerprint density at radius 1 is 1.65 bits per heavy atom. The molecule has 0 aromatic carbocycles. The van der Waals surface area contributed by atoms with Crippen molar-refractivity contribution in [3.8, 4) is 0 Å². The van der Waals surface area contributed by atoms with Crippen LogP contribution >= 0.6 is 38.9 Å². The minimum Gasteiger partial charge on any atom is -0.326 e. The van der Waals surface area contributed by atoms with Crippen molar-refractivity contribution in [1.29, 1.82) is 0 Å². The highest BCUT2D eigenvalue weighted by atomic mass is 79.9. The SMILES string of the molecule is CCCN1CCCC(N)C1c1cc(Br)c(Cl)s1. The van der Waals surface area contributed by atoms with E-state index in [1.807, 2.05) is 0 Å². The van der Waals surface area contributed by atoms with Crippen molar-refractivity contribution < 1.29 is 0 Å². The van der Waals surface area contributed by atoms with Crippen LogP contribution in [-0.2, 0) is 0 Å². The van der Waals surface area contributed by atoms with Crippen molar-refractivity contribution in [3.05, 3.63) is 19.8 Å². The summed E-state index contributed by atoms with van der Waals surface area (Å²) >= 11 is 11.3. The Morgan fingerprint density at radius 2 is 2.41 bits per heavy atom. The van der Waals surface area contributed by atoms with E-state index in [-0.39, 0.29) is 6.04 Å². The van der Waals surface area contributed by atoms with Gasteiger partial charge in [0.1, 0.15) is 4.34 Å². The summed E-state index contributed by atoms with van der Waals surface area (Å²) in [7, 11) is 0. The Labute approximate surface area is 120 Å². The van der Waals surface area contributed by atoms with Crippen LogP contribution in [0.4, 0.5) is 0 Å². The molecule has 1 fully saturated rings. The monoisotopic (exact) mass is 336 g/mol. The van der Waals surface area contributed by atoms with E-state index in [1.165, 1.54) is 17.7 Å². The van der Waals surface area contributed by atoms with E-state index in [1.54, 1.807) is 11.3 Å². The number of thiophene rings is 1. The van der Waals surface area contributed by atoms with Crippen molar-refractivity contribution in [1.82, 2.24) is 4.90 Å². The van der Waals surface area contributed by atoms with Gasteiger partial charge in [0.05, 0.1) is 6.04 Å². The molecule has 2 unspecified atom stereocenters. The first kappa shape index (κ1) is 13.8. The predicted molar refractivity (Wildman–Crippen MR) is 78.8 cm³/mol. The lowest BCUT2D eigenvalue weighted by molar-refractivity contribution is 0.131. The molecular weight excluding hydrogens is 320 g/mol. The van der Waals surface area contributed by atoms with Gasteiger partial charge in [-0.1, -0.05) is 18.5 Å². The second kappa shape index (κ2) is 6.02. The molecule has 5 heteroatoms. The molecule has 96 valence electrons. The summed E-state index contributed by atoms with van der Waals surface area (Å²) in [5.41, 5.74) is 6.30. The summed E-state index contributed by atoms with van der Waals surface area (Å²) in [6.45, 7) is 4.49. The maximum Gasteiger partial charge on any atom is 0.107 e. The molecule has 1 saturated heterocycles. The van der Waals surface area contributed by atoms with Gasteiger partial charge >= 0.3 is 0 Å². The van der Waals surface area contributed by atoms with Gasteiger partial charge in [-0.2, -0.15) is 0 Å². The largest absolute Gasteiger partial charge is 0.326 e. The highest BCUT2D eigenvalue weighted by molar-refractivity contribution is 9.10. The van der Waals surface area contributed by atoms with Gasteiger partial charge in [0.15, 0.2) is 0 Å². The highest BCUT2D eigenvalue weighted by Crippen LogP contribution is 2.40. The summed E-state index contributed by atoms with van der Waals surface area (Å²) in [5.74, 6) is 0. The average Bonchev–Trinajstić information content (AvgIpc) is 2.59. The lowest BCUT2D eigenvalue weighted by Crippen LogP contribution is -2.45. The predicted octanol–water partition coefficient (Wildman–Crippen LogP) is 4.04. The Kier molecular flexibility index (Phi) is 4.89. The van der Waals surface area contributed by atoms with E-state index in [0.29, 0.717) is 6.04 Å². The van der Waals surface area contributed by atoms with Crippen molar-refractivity contribution in [2.75, 3.05) is 13.1 Å². The van der Waals surface area contributed by atoms with Gasteiger partial charge in [0.2, 0.25) is 0 Å². The van der Waals surface area contributed by atoms with Gasteiger partial charge in [-0.3, -0.25) is 4.90 Å². The molecule has 2 N–H and O–H groups in total. The minimum atomic E-state index is 0.233. The quantitative estimate of drug-likeness (QED) is 0.902. The first-order valence-electron chi connectivity index (χ1n) is 6.07. The maximum absolute atomic E-state index is 6.30. The van der Waals surface area contributed by atoms with Crippen LogP contribution in [0.3, 0.4) is 0 Å². The van der Waals surface area contributed by atoms with Gasteiger partial charge in [-0.25, -0.2) is 0 Å². The van der Waals surface area contributed by atoms with E-state index in [9.17, 15) is 0 Å². The molecule has 1 aromatic heterocycles. The van der Waals surface area contributed by atoms with Gasteiger partial charge in [0.25, 0.3) is 0 Å². The van der Waals surface area contributed by atoms with E-state index >= 15 is 0 Å². The average molecular weight is 338 g/mol. The molecule has 0 amide bonds. The van der Waals surface area contributed by atoms with E-state index in [4.69, 9.17) is 17.3 Å². The molecule has 2 heterocycles. The molecule has 1 aromatic rings. The fourth-order valence-corrected chi connectivity index (χ4v) is 4.48. The standard InChI is InChI=1S/C12H18BrClN2S/c1-2-5-16-6-3-4-9(15)11(16)10-7-8(13)12(14)17-10/h7,9,11H,2-6,15H2,1H3. The summed E-state index contributed by atoms with van der Waals surface area (Å²) in [5, 5.41) is 0. The third kappa shape index (κ3) is 3.04. The van der Waals surface area contributed by atoms with Crippen LogP contribution in [0.1, 0.15) is 37.1 Å². The lowest BCUT2D eigenvalue weighted by atomic mass is 9.95. The Morgan fingerprint density at radius 3 is 3.00 bits per heavy atom. The Bertz CT molecular complexity index is 361. The number of piperidine rings is 1. The number of hydrogen-bond acceptors (Lipinski definition) is 3. The van der Waals surface area contributed by atoms with Gasteiger partial charge in [-0.05, 0) is 54.3 Å². The van der Waals surface area contributed by atoms with Crippen LogP contribution < -0.4 is 5.73 Å². The summed E-state index contributed by atoms with van der Waals surface area (Å²) < 4.78 is 1.82. The van der Waals surface area contributed by atoms with E-state index in [2.05, 4.69) is 33.8 Å². The number of likely N-dealkylation sites (tertiary alicyclic amines) is 1. The summed E-state index contributed by atoms with van der Waals surface area (Å²) in [6, 6.07) is 2.71. The molecule has 2 rings (SSSR count). The molecule has 0 radical (unpaired) electrons. The fraction of sp³-hybridized carbons (Fsp3) is 0.667. The molecular formula is C12H18BrClN2S. The zero-order valence-electron chi connectivity index (χ0n) is 9.96. The number of nitrogens with zero attached hydrogens (tertiary/aromatic N) is 1. The summed E-state index contributed by atoms with van der Waals surface area (Å²) in [4.78, 5) is 3.80. The van der Waals surface area contributed by atoms with Crippen LogP contribution in [0.2, 0.25) is 4.34 Å². The molecule has 17 heavy (non-hydrogen) atoms. The van der Waals surface area contributed by atoms with Crippen molar-refractivity contribution in [2.45, 2.75) is 38.3 Å². The minimum absolute atomic E-state index is 0.233. The fourth-order valence-electron chi connectivity index (χ4n) is 2.54. The number of nitrogens with two attached hydrogens (primary N) is 1. The molecule has 1 aliphatic rings. The van der Waals surface area contributed by atoms with Crippen LogP contribution in [0.15, 0.2) is 10.5 Å². The third-order valence-electron chi connectivity index (χ3n) is 3.25. The smallest absolute Gasteiger partial charge is 0.107 e. The van der Waals surface area contributed by atoms with Crippen molar-refractivity contribution >= 4 is 38.9 Å². The molecule has 0 aliphatic carbocycles. The van der Waals surface area contributed by atoms with E-state index in [0.717, 1.165) is 28.3 Å². The summed E-state index contributed by atoms with van der Waals surface area (Å²) in [6.07, 6.45) is 3.49. The third-order valence-corrected chi connectivity index (χ3v) is 5.79. The Balaban J connectivity index is 2.24. The molecule has 1 aliphatic heterocycles. The first-order chi connectivity index (χ1) is 8.13. The van der Waals surface area contributed by atoms with Crippen molar-refractivity contribution in [3.63, 3.8) is 0 Å². The molecule has 2 nitrogen and oxygen atoms in total. The molecule has 2 atom stereocenters.